The van der Waals surface area contributed by atoms with E-state index in [4.69, 9.17) is 51.5 Å². The maximum atomic E-state index is 10.7. The Hall–Kier alpha value is -1.000. The molecule has 0 unspecified atom stereocenters. The number of carboxylic acid groups (broad SMARTS) is 1. The van der Waals surface area contributed by atoms with E-state index in [2.05, 4.69) is 4.98 Å². The van der Waals surface area contributed by atoms with Crippen LogP contribution in [0.3, 0.4) is 0 Å². The van der Waals surface area contributed by atoms with Crippen molar-refractivity contribution in [2.75, 3.05) is 0 Å². The minimum Gasteiger partial charge on any atom is -0.481 e. The van der Waals surface area contributed by atoms with Crippen LogP contribution in [0, 0.1) is 0 Å². The van der Waals surface area contributed by atoms with Gasteiger partial charge < -0.3 is 5.11 Å². The van der Waals surface area contributed by atoms with Crippen molar-refractivity contribution in [2.24, 2.45) is 0 Å². The highest BCUT2D eigenvalue weighted by Gasteiger charge is 2.13. The molecule has 0 aliphatic rings. The van der Waals surface area contributed by atoms with Crippen LogP contribution in [0.2, 0.25) is 20.2 Å². The molecule has 2 aromatic rings. The summed E-state index contributed by atoms with van der Waals surface area (Å²) in [5.41, 5.74) is 1.43. The molecule has 1 N–H and O–H groups in total. The average molecular weight is 351 g/mol. The second-order valence-electron chi connectivity index (χ2n) is 3.97. The molecule has 104 valence electrons. The molecule has 0 aliphatic heterocycles. The minimum absolute atomic E-state index is 0.108. The molecule has 7 heteroatoms. The molecule has 0 spiro atoms. The van der Waals surface area contributed by atoms with Gasteiger partial charge in [-0.15, -0.1) is 0 Å². The Morgan fingerprint density at radius 2 is 1.85 bits per heavy atom. The fraction of sp³-hybridized carbons (Fsp3) is 0.0769. The van der Waals surface area contributed by atoms with Gasteiger partial charge in [0.1, 0.15) is 5.15 Å². The summed E-state index contributed by atoms with van der Waals surface area (Å²) in [5.74, 6) is -0.981. The van der Waals surface area contributed by atoms with Gasteiger partial charge >= 0.3 is 5.97 Å². The predicted octanol–water partition coefficient (Wildman–Crippen LogP) is 4.99. The zero-order chi connectivity index (χ0) is 14.9. The summed E-state index contributed by atoms with van der Waals surface area (Å²) in [6.07, 6.45) is -0.198. The summed E-state index contributed by atoms with van der Waals surface area (Å²) >= 11 is 24.0. The van der Waals surface area contributed by atoms with Crippen molar-refractivity contribution in [1.29, 1.82) is 0 Å². The highest BCUT2D eigenvalue weighted by molar-refractivity contribution is 6.45. The van der Waals surface area contributed by atoms with Crippen molar-refractivity contribution in [3.8, 4) is 11.3 Å². The minimum atomic E-state index is -0.981. The summed E-state index contributed by atoms with van der Waals surface area (Å²) in [7, 11) is 0. The SMILES string of the molecule is O=C(O)Cc1ccc(-c2cc(Cl)cc(Cl)c2Cl)nc1Cl. The number of carbonyl (C=O) groups is 1. The fourth-order valence-electron chi connectivity index (χ4n) is 1.65. The van der Waals surface area contributed by atoms with Crippen LogP contribution in [0.1, 0.15) is 5.56 Å². The molecule has 1 aromatic heterocycles. The van der Waals surface area contributed by atoms with E-state index in [0.717, 1.165) is 0 Å². The van der Waals surface area contributed by atoms with Crippen molar-refractivity contribution in [3.63, 3.8) is 0 Å². The molecule has 0 saturated carbocycles. The summed E-state index contributed by atoms with van der Waals surface area (Å²) in [5, 5.41) is 9.90. The van der Waals surface area contributed by atoms with Crippen LogP contribution in [0.4, 0.5) is 0 Å². The lowest BCUT2D eigenvalue weighted by Gasteiger charge is -2.08. The third-order valence-corrected chi connectivity index (χ3v) is 3.88. The van der Waals surface area contributed by atoms with Gasteiger partial charge in [0.05, 0.1) is 22.2 Å². The number of halogens is 4. The Bertz CT molecular complexity index is 688. The number of hydrogen-bond donors (Lipinski definition) is 1. The van der Waals surface area contributed by atoms with Crippen molar-refractivity contribution < 1.29 is 9.90 Å². The highest BCUT2D eigenvalue weighted by Crippen LogP contribution is 2.36. The van der Waals surface area contributed by atoms with E-state index in [-0.39, 0.29) is 11.6 Å². The van der Waals surface area contributed by atoms with Gasteiger partial charge in [-0.25, -0.2) is 4.98 Å². The second kappa shape index (κ2) is 6.19. The molecule has 1 heterocycles. The lowest BCUT2D eigenvalue weighted by Crippen LogP contribution is -2.02. The van der Waals surface area contributed by atoms with Gasteiger partial charge in [0.15, 0.2) is 0 Å². The molecule has 0 fully saturated rings. The molecule has 1 aromatic carbocycles. The largest absolute Gasteiger partial charge is 0.481 e. The molecule has 0 amide bonds. The zero-order valence-electron chi connectivity index (χ0n) is 9.83. The second-order valence-corrected chi connectivity index (χ2v) is 5.55. The lowest BCUT2D eigenvalue weighted by molar-refractivity contribution is -0.136. The first-order valence-corrected chi connectivity index (χ1v) is 6.92. The third kappa shape index (κ3) is 3.36. The molecular weight excluding hydrogens is 344 g/mol. The molecule has 3 nitrogen and oxygen atoms in total. The fourth-order valence-corrected chi connectivity index (χ4v) is 2.57. The average Bonchev–Trinajstić information content (AvgIpc) is 2.36. The number of carboxylic acids is 1. The number of benzene rings is 1. The van der Waals surface area contributed by atoms with Crippen LogP contribution in [0.25, 0.3) is 11.3 Å². The zero-order valence-corrected chi connectivity index (χ0v) is 12.9. The Morgan fingerprint density at radius 3 is 2.45 bits per heavy atom. The van der Waals surface area contributed by atoms with E-state index in [1.54, 1.807) is 18.2 Å². The third-order valence-electron chi connectivity index (χ3n) is 2.54. The number of aliphatic carboxylic acids is 1. The van der Waals surface area contributed by atoms with Gasteiger partial charge in [0, 0.05) is 16.1 Å². The van der Waals surface area contributed by atoms with Crippen molar-refractivity contribution in [1.82, 2.24) is 4.98 Å². The first-order chi connectivity index (χ1) is 9.38. The van der Waals surface area contributed by atoms with E-state index < -0.39 is 5.97 Å². The highest BCUT2D eigenvalue weighted by atomic mass is 35.5. The smallest absolute Gasteiger partial charge is 0.307 e. The van der Waals surface area contributed by atoms with Crippen LogP contribution in [-0.2, 0) is 11.2 Å². The van der Waals surface area contributed by atoms with Gasteiger partial charge in [-0.2, -0.15) is 0 Å². The Morgan fingerprint density at radius 1 is 1.15 bits per heavy atom. The number of hydrogen-bond acceptors (Lipinski definition) is 2. The molecule has 20 heavy (non-hydrogen) atoms. The Labute approximate surface area is 135 Å². The standard InChI is InChI=1S/C13H7Cl4NO2/c14-7-4-8(12(16)9(15)5-7)10-2-1-6(3-11(19)20)13(17)18-10/h1-2,4-5H,3H2,(H,19,20). The topological polar surface area (TPSA) is 50.2 Å². The first-order valence-electron chi connectivity index (χ1n) is 5.40. The van der Waals surface area contributed by atoms with Gasteiger partial charge in [0.25, 0.3) is 0 Å². The maximum absolute atomic E-state index is 10.7. The van der Waals surface area contributed by atoms with Gasteiger partial charge in [-0.1, -0.05) is 52.5 Å². The Balaban J connectivity index is 2.49. The van der Waals surface area contributed by atoms with Crippen LogP contribution in [-0.4, -0.2) is 16.1 Å². The number of aromatic nitrogens is 1. The Kier molecular flexibility index (Phi) is 4.76. The molecule has 0 aliphatic carbocycles. The van der Waals surface area contributed by atoms with Crippen LogP contribution >= 0.6 is 46.4 Å². The van der Waals surface area contributed by atoms with E-state index in [0.29, 0.717) is 31.9 Å². The quantitative estimate of drug-likeness (QED) is 0.626. The summed E-state index contributed by atoms with van der Waals surface area (Å²) in [4.78, 5) is 14.8. The summed E-state index contributed by atoms with van der Waals surface area (Å²) in [6.45, 7) is 0. The molecule has 0 bridgehead atoms. The van der Waals surface area contributed by atoms with Gasteiger partial charge in [-0.3, -0.25) is 4.79 Å². The predicted molar refractivity (Wildman–Crippen MR) is 81.1 cm³/mol. The number of pyridine rings is 1. The van der Waals surface area contributed by atoms with Crippen LogP contribution < -0.4 is 0 Å². The van der Waals surface area contributed by atoms with E-state index in [1.165, 1.54) is 6.07 Å². The molecule has 0 radical (unpaired) electrons. The van der Waals surface area contributed by atoms with Gasteiger partial charge in [-0.05, 0) is 18.2 Å². The normalized spacial score (nSPS) is 10.6. The lowest BCUT2D eigenvalue weighted by atomic mass is 10.1. The maximum Gasteiger partial charge on any atom is 0.307 e. The van der Waals surface area contributed by atoms with Crippen molar-refractivity contribution in [2.45, 2.75) is 6.42 Å². The first kappa shape index (κ1) is 15.4. The molecular formula is C13H7Cl4NO2. The molecule has 0 atom stereocenters. The number of nitrogens with zero attached hydrogens (tertiary/aromatic N) is 1. The van der Waals surface area contributed by atoms with E-state index in [9.17, 15) is 4.79 Å². The van der Waals surface area contributed by atoms with E-state index in [1.807, 2.05) is 0 Å². The monoisotopic (exact) mass is 349 g/mol. The molecule has 0 saturated heterocycles. The molecule has 2 rings (SSSR count). The number of rotatable bonds is 3. The van der Waals surface area contributed by atoms with Crippen LogP contribution in [0.5, 0.6) is 0 Å². The van der Waals surface area contributed by atoms with Crippen molar-refractivity contribution >= 4 is 52.4 Å². The van der Waals surface area contributed by atoms with Gasteiger partial charge in [0.2, 0.25) is 0 Å². The summed E-state index contributed by atoms with van der Waals surface area (Å²) < 4.78 is 0. The summed E-state index contributed by atoms with van der Waals surface area (Å²) in [6, 6.07) is 6.35. The van der Waals surface area contributed by atoms with Crippen molar-refractivity contribution in [3.05, 3.63) is 50.0 Å². The van der Waals surface area contributed by atoms with E-state index >= 15 is 0 Å². The van der Waals surface area contributed by atoms with Crippen LogP contribution in [0.15, 0.2) is 24.3 Å².